The van der Waals surface area contributed by atoms with Crippen LogP contribution in [0.4, 0.5) is 0 Å². The first-order valence-electron chi connectivity index (χ1n) is 5.83. The number of benzene rings is 1. The fourth-order valence-corrected chi connectivity index (χ4v) is 1.99. The molecule has 0 spiro atoms. The Morgan fingerprint density at radius 3 is 2.29 bits per heavy atom. The van der Waals surface area contributed by atoms with Gasteiger partial charge in [-0.1, -0.05) is 26.2 Å². The van der Waals surface area contributed by atoms with Crippen LogP contribution in [0.25, 0.3) is 0 Å². The Morgan fingerprint density at radius 2 is 1.76 bits per heavy atom. The van der Waals surface area contributed by atoms with Crippen LogP contribution < -0.4 is 10.0 Å². The second kappa shape index (κ2) is 6.80. The third-order valence-electron chi connectivity index (χ3n) is 2.44. The number of unbranched alkanes of at least 4 members (excludes halogenated alkanes) is 3. The average Bonchev–Trinajstić information content (AvgIpc) is 2.28. The maximum Gasteiger partial charge on any atom is 0.356 e. The highest BCUT2D eigenvalue weighted by Gasteiger charge is 2.16. The van der Waals surface area contributed by atoms with Gasteiger partial charge in [-0.2, -0.15) is 0 Å². The van der Waals surface area contributed by atoms with Crippen molar-refractivity contribution < 1.29 is 19.1 Å². The molecule has 4 nitrogen and oxygen atoms in total. The van der Waals surface area contributed by atoms with E-state index in [0.717, 1.165) is 12.8 Å². The Hall–Kier alpha value is -0.830. The summed E-state index contributed by atoms with van der Waals surface area (Å²) in [5.74, 6) is 0.652. The van der Waals surface area contributed by atoms with Crippen molar-refractivity contribution in [3.63, 3.8) is 0 Å². The Morgan fingerprint density at radius 1 is 1.12 bits per heavy atom. The molecule has 0 amide bonds. The minimum Gasteiger partial charge on any atom is -0.494 e. The largest absolute Gasteiger partial charge is 0.494 e. The van der Waals surface area contributed by atoms with Crippen LogP contribution in [0.3, 0.4) is 0 Å². The molecule has 96 valence electrons. The van der Waals surface area contributed by atoms with E-state index >= 15 is 0 Å². The summed E-state index contributed by atoms with van der Waals surface area (Å²) in [6, 6.07) is 5.99. The van der Waals surface area contributed by atoms with Crippen LogP contribution in [0.15, 0.2) is 24.3 Å². The molecule has 1 aromatic carbocycles. The molecule has 0 fully saturated rings. The molecular formula is C12H19O4P. The minimum absolute atomic E-state index is 0.0239. The highest BCUT2D eigenvalue weighted by Crippen LogP contribution is 2.33. The minimum atomic E-state index is -4.13. The van der Waals surface area contributed by atoms with Crippen molar-refractivity contribution in [2.24, 2.45) is 0 Å². The zero-order valence-corrected chi connectivity index (χ0v) is 10.9. The van der Waals surface area contributed by atoms with E-state index in [9.17, 15) is 4.57 Å². The van der Waals surface area contributed by atoms with Crippen LogP contribution in [0.5, 0.6) is 5.75 Å². The molecule has 1 aromatic rings. The second-order valence-electron chi connectivity index (χ2n) is 3.95. The molecule has 0 bridgehead atoms. The number of hydrogen-bond acceptors (Lipinski definition) is 2. The molecule has 17 heavy (non-hydrogen) atoms. The molecule has 0 radical (unpaired) electrons. The summed E-state index contributed by atoms with van der Waals surface area (Å²) in [4.78, 5) is 17.8. The van der Waals surface area contributed by atoms with Gasteiger partial charge >= 0.3 is 7.60 Å². The lowest BCUT2D eigenvalue weighted by molar-refractivity contribution is 0.305. The first-order chi connectivity index (χ1) is 8.04. The van der Waals surface area contributed by atoms with Crippen molar-refractivity contribution in [3.05, 3.63) is 24.3 Å². The third-order valence-corrected chi connectivity index (χ3v) is 3.41. The summed E-state index contributed by atoms with van der Waals surface area (Å²) in [6.45, 7) is 2.80. The van der Waals surface area contributed by atoms with Crippen molar-refractivity contribution >= 4 is 12.9 Å². The first kappa shape index (κ1) is 14.2. The van der Waals surface area contributed by atoms with Crippen molar-refractivity contribution in [2.45, 2.75) is 32.6 Å². The fraction of sp³-hybridized carbons (Fsp3) is 0.500. The summed E-state index contributed by atoms with van der Waals surface area (Å²) in [5.41, 5.74) is 0. The number of hydrogen-bond donors (Lipinski definition) is 2. The highest BCUT2D eigenvalue weighted by atomic mass is 31.2. The fourth-order valence-electron chi connectivity index (χ4n) is 1.46. The Balaban J connectivity index is 2.38. The highest BCUT2D eigenvalue weighted by molar-refractivity contribution is 7.60. The molecule has 1 rings (SSSR count). The smallest absolute Gasteiger partial charge is 0.356 e. The molecule has 0 aliphatic heterocycles. The SMILES string of the molecule is CCCCCCOc1ccc(P(=O)(O)O)cc1. The van der Waals surface area contributed by atoms with E-state index in [1.807, 2.05) is 0 Å². The lowest BCUT2D eigenvalue weighted by Gasteiger charge is -2.07. The number of rotatable bonds is 7. The van der Waals surface area contributed by atoms with Crippen molar-refractivity contribution in [1.82, 2.24) is 0 Å². The standard InChI is InChI=1S/C12H19O4P/c1-2-3-4-5-10-16-11-6-8-12(9-7-11)17(13,14)15/h6-9H,2-5,10H2,1H3,(H2,13,14,15). The Bertz CT molecular complexity index is 369. The third kappa shape index (κ3) is 5.35. The summed E-state index contributed by atoms with van der Waals surface area (Å²) < 4.78 is 16.4. The van der Waals surface area contributed by atoms with Gasteiger partial charge in [0.2, 0.25) is 0 Å². The van der Waals surface area contributed by atoms with Crippen molar-refractivity contribution in [2.75, 3.05) is 6.61 Å². The molecule has 0 aliphatic carbocycles. The Labute approximate surface area is 102 Å². The monoisotopic (exact) mass is 258 g/mol. The molecule has 2 N–H and O–H groups in total. The van der Waals surface area contributed by atoms with E-state index in [1.165, 1.54) is 25.0 Å². The van der Waals surface area contributed by atoms with Crippen LogP contribution in [0.2, 0.25) is 0 Å². The van der Waals surface area contributed by atoms with Gasteiger partial charge in [-0.25, -0.2) is 0 Å². The molecule has 0 unspecified atom stereocenters. The van der Waals surface area contributed by atoms with Crippen LogP contribution in [0.1, 0.15) is 32.6 Å². The maximum absolute atomic E-state index is 10.9. The van der Waals surface area contributed by atoms with Gasteiger partial charge in [-0.15, -0.1) is 0 Å². The summed E-state index contributed by atoms with van der Waals surface area (Å²) >= 11 is 0. The molecule has 0 heterocycles. The van der Waals surface area contributed by atoms with Crippen LogP contribution >= 0.6 is 7.60 Å². The maximum atomic E-state index is 10.9. The number of ether oxygens (including phenoxy) is 1. The molecule has 0 atom stereocenters. The molecule has 0 aliphatic rings. The average molecular weight is 258 g/mol. The van der Waals surface area contributed by atoms with Gasteiger partial charge in [-0.05, 0) is 30.7 Å². The molecule has 0 saturated carbocycles. The summed E-state index contributed by atoms with van der Waals surface area (Å²) in [7, 11) is -4.13. The van der Waals surface area contributed by atoms with Gasteiger partial charge < -0.3 is 14.5 Å². The first-order valence-corrected chi connectivity index (χ1v) is 7.44. The topological polar surface area (TPSA) is 66.8 Å². The molecule has 5 heteroatoms. The molecule has 0 saturated heterocycles. The second-order valence-corrected chi connectivity index (χ2v) is 5.55. The van der Waals surface area contributed by atoms with E-state index in [-0.39, 0.29) is 5.30 Å². The zero-order chi connectivity index (χ0) is 12.7. The zero-order valence-electron chi connectivity index (χ0n) is 10.0. The van der Waals surface area contributed by atoms with E-state index in [1.54, 1.807) is 12.1 Å². The van der Waals surface area contributed by atoms with Gasteiger partial charge in [0.1, 0.15) is 5.75 Å². The van der Waals surface area contributed by atoms with Crippen LogP contribution in [0, 0.1) is 0 Å². The molecule has 0 aromatic heterocycles. The van der Waals surface area contributed by atoms with E-state index in [2.05, 4.69) is 6.92 Å². The van der Waals surface area contributed by atoms with Crippen molar-refractivity contribution in [1.29, 1.82) is 0 Å². The lowest BCUT2D eigenvalue weighted by Crippen LogP contribution is -2.04. The normalized spacial score (nSPS) is 11.5. The lowest BCUT2D eigenvalue weighted by atomic mass is 10.2. The van der Waals surface area contributed by atoms with Gasteiger partial charge in [0, 0.05) is 0 Å². The van der Waals surface area contributed by atoms with Gasteiger partial charge in [0.05, 0.1) is 11.9 Å². The van der Waals surface area contributed by atoms with E-state index < -0.39 is 7.60 Å². The van der Waals surface area contributed by atoms with Gasteiger partial charge in [0.25, 0.3) is 0 Å². The van der Waals surface area contributed by atoms with Gasteiger partial charge in [-0.3, -0.25) is 4.57 Å². The summed E-state index contributed by atoms with van der Waals surface area (Å²) in [6.07, 6.45) is 4.56. The van der Waals surface area contributed by atoms with Crippen LogP contribution in [-0.4, -0.2) is 16.4 Å². The Kier molecular flexibility index (Phi) is 5.69. The predicted molar refractivity (Wildman–Crippen MR) is 67.8 cm³/mol. The van der Waals surface area contributed by atoms with Crippen molar-refractivity contribution in [3.8, 4) is 5.75 Å². The predicted octanol–water partition coefficient (Wildman–Crippen LogP) is 2.45. The molecular weight excluding hydrogens is 239 g/mol. The van der Waals surface area contributed by atoms with Crippen LogP contribution in [-0.2, 0) is 4.57 Å². The van der Waals surface area contributed by atoms with Gasteiger partial charge in [0.15, 0.2) is 0 Å². The van der Waals surface area contributed by atoms with E-state index in [4.69, 9.17) is 14.5 Å². The quantitative estimate of drug-likeness (QED) is 0.582. The van der Waals surface area contributed by atoms with E-state index in [0.29, 0.717) is 12.4 Å². The summed E-state index contributed by atoms with van der Waals surface area (Å²) in [5, 5.41) is 0.0239.